The third-order valence-corrected chi connectivity index (χ3v) is 5.13. The first-order chi connectivity index (χ1) is 15.5. The number of guanidine groups is 1. The van der Waals surface area contributed by atoms with Crippen molar-refractivity contribution < 1.29 is 23.0 Å². The van der Waals surface area contributed by atoms with Crippen molar-refractivity contribution in [3.8, 4) is 11.5 Å². The molecule has 0 radical (unpaired) electrons. The highest BCUT2D eigenvalue weighted by Crippen LogP contribution is 2.32. The van der Waals surface area contributed by atoms with Gasteiger partial charge in [-0.25, -0.2) is 0 Å². The maximum atomic E-state index is 12.9. The van der Waals surface area contributed by atoms with E-state index < -0.39 is 6.61 Å². The van der Waals surface area contributed by atoms with Gasteiger partial charge >= 0.3 is 6.61 Å². The molecule has 0 saturated carbocycles. The molecule has 33 heavy (non-hydrogen) atoms. The summed E-state index contributed by atoms with van der Waals surface area (Å²) in [6, 6.07) is 13.1. The third-order valence-electron chi connectivity index (χ3n) is 5.13. The van der Waals surface area contributed by atoms with Crippen molar-refractivity contribution in [2.45, 2.75) is 33.0 Å². The lowest BCUT2D eigenvalue weighted by Gasteiger charge is -2.29. The Balaban J connectivity index is 0.00000385. The van der Waals surface area contributed by atoms with Gasteiger partial charge < -0.3 is 25.0 Å². The fourth-order valence-corrected chi connectivity index (χ4v) is 3.57. The molecule has 10 heteroatoms. The van der Waals surface area contributed by atoms with E-state index in [2.05, 4.69) is 26.4 Å². The summed E-state index contributed by atoms with van der Waals surface area (Å²) in [6.07, 6.45) is 0.831. The molecular weight excluding hydrogens is 545 g/mol. The van der Waals surface area contributed by atoms with Crippen LogP contribution in [0.4, 0.5) is 8.78 Å². The van der Waals surface area contributed by atoms with Gasteiger partial charge in [0.15, 0.2) is 17.5 Å². The summed E-state index contributed by atoms with van der Waals surface area (Å²) in [7, 11) is 1.57. The van der Waals surface area contributed by atoms with Crippen LogP contribution in [0.25, 0.3) is 0 Å². The van der Waals surface area contributed by atoms with Crippen molar-refractivity contribution in [3.63, 3.8) is 0 Å². The Morgan fingerprint density at radius 3 is 2.61 bits per heavy atom. The summed E-state index contributed by atoms with van der Waals surface area (Å²) in [5.74, 6) is 0.564. The van der Waals surface area contributed by atoms with E-state index in [-0.39, 0.29) is 54.5 Å². The second kappa shape index (κ2) is 13.2. The van der Waals surface area contributed by atoms with Gasteiger partial charge in [-0.3, -0.25) is 9.79 Å². The van der Waals surface area contributed by atoms with E-state index in [1.165, 1.54) is 5.56 Å². The fraction of sp³-hybridized carbons (Fsp3) is 0.391. The molecule has 0 bridgehead atoms. The van der Waals surface area contributed by atoms with E-state index in [0.29, 0.717) is 31.2 Å². The Kier molecular flexibility index (Phi) is 10.6. The molecule has 0 atom stereocenters. The van der Waals surface area contributed by atoms with Gasteiger partial charge in [0.05, 0.1) is 13.2 Å². The van der Waals surface area contributed by atoms with E-state index in [4.69, 9.17) is 4.74 Å². The van der Waals surface area contributed by atoms with E-state index in [9.17, 15) is 13.6 Å². The van der Waals surface area contributed by atoms with E-state index in [1.54, 1.807) is 32.2 Å². The van der Waals surface area contributed by atoms with Crippen LogP contribution in [0, 0.1) is 0 Å². The van der Waals surface area contributed by atoms with Crippen LogP contribution in [0.15, 0.2) is 47.5 Å². The van der Waals surface area contributed by atoms with E-state index in [0.717, 1.165) is 12.0 Å². The van der Waals surface area contributed by atoms with Gasteiger partial charge in [-0.1, -0.05) is 36.4 Å². The normalized spacial score (nSPS) is 13.1. The number of fused-ring (bicyclic) bond motifs is 1. The van der Waals surface area contributed by atoms with Crippen molar-refractivity contribution in [1.29, 1.82) is 0 Å². The van der Waals surface area contributed by atoms with Gasteiger partial charge in [-0.2, -0.15) is 8.78 Å². The molecule has 7 nitrogen and oxygen atoms in total. The van der Waals surface area contributed by atoms with E-state index in [1.807, 2.05) is 23.1 Å². The highest BCUT2D eigenvalue weighted by Gasteiger charge is 2.20. The van der Waals surface area contributed by atoms with Crippen molar-refractivity contribution >= 4 is 35.8 Å². The smallest absolute Gasteiger partial charge is 0.387 e. The zero-order valence-electron chi connectivity index (χ0n) is 18.6. The molecule has 1 heterocycles. The first-order valence-electron chi connectivity index (χ1n) is 10.5. The zero-order chi connectivity index (χ0) is 22.9. The Morgan fingerprint density at radius 2 is 1.91 bits per heavy atom. The second-order valence-corrected chi connectivity index (χ2v) is 7.17. The average Bonchev–Trinajstić information content (AvgIpc) is 2.80. The van der Waals surface area contributed by atoms with Crippen LogP contribution in [0.5, 0.6) is 11.5 Å². The Hall–Kier alpha value is -2.63. The number of nitrogens with one attached hydrogen (secondary N) is 2. The molecule has 2 N–H and O–H groups in total. The number of halogens is 3. The molecule has 0 aliphatic carbocycles. The summed E-state index contributed by atoms with van der Waals surface area (Å²) in [5, 5.41) is 6.02. The minimum atomic E-state index is -2.97. The number of alkyl halides is 2. The molecule has 1 aliphatic rings. The van der Waals surface area contributed by atoms with Crippen LogP contribution in [-0.4, -0.2) is 50.1 Å². The number of hydrogen-bond acceptors (Lipinski definition) is 4. The molecular formula is C23H29F2IN4O3. The van der Waals surface area contributed by atoms with Crippen molar-refractivity contribution in [1.82, 2.24) is 15.5 Å². The molecule has 0 fully saturated rings. The number of amides is 1. The lowest BCUT2D eigenvalue weighted by Crippen LogP contribution is -2.45. The van der Waals surface area contributed by atoms with Gasteiger partial charge in [0.25, 0.3) is 0 Å². The SMILES string of the molecule is CCOc1cccc(CNC(=NC)NCC(=O)N2CCc3ccccc3C2)c1OC(F)F.I. The number of ether oxygens (including phenoxy) is 2. The van der Waals surface area contributed by atoms with Crippen molar-refractivity contribution in [2.75, 3.05) is 26.7 Å². The predicted octanol–water partition coefficient (Wildman–Crippen LogP) is 3.55. The quantitative estimate of drug-likeness (QED) is 0.287. The van der Waals surface area contributed by atoms with Crippen molar-refractivity contribution in [2.24, 2.45) is 4.99 Å². The molecule has 0 aromatic heterocycles. The molecule has 0 spiro atoms. The molecule has 1 aliphatic heterocycles. The van der Waals surface area contributed by atoms with Crippen LogP contribution < -0.4 is 20.1 Å². The van der Waals surface area contributed by atoms with Crippen LogP contribution in [0.3, 0.4) is 0 Å². The van der Waals surface area contributed by atoms with Crippen LogP contribution in [0.2, 0.25) is 0 Å². The molecule has 1 amide bonds. The molecule has 2 aromatic rings. The minimum Gasteiger partial charge on any atom is -0.490 e. The summed E-state index contributed by atoms with van der Waals surface area (Å²) >= 11 is 0. The topological polar surface area (TPSA) is 75.2 Å². The maximum absolute atomic E-state index is 12.9. The number of carbonyl (C=O) groups excluding carboxylic acids is 1. The minimum absolute atomic E-state index is 0. The highest BCUT2D eigenvalue weighted by atomic mass is 127. The number of carbonyl (C=O) groups is 1. The van der Waals surface area contributed by atoms with Gasteiger partial charge in [-0.05, 0) is 30.5 Å². The maximum Gasteiger partial charge on any atom is 0.387 e. The number of nitrogens with zero attached hydrogens (tertiary/aromatic N) is 2. The Morgan fingerprint density at radius 1 is 1.15 bits per heavy atom. The molecule has 3 rings (SSSR count). The first kappa shape index (κ1) is 26.6. The van der Waals surface area contributed by atoms with Gasteiger partial charge in [-0.15, -0.1) is 24.0 Å². The van der Waals surface area contributed by atoms with Crippen LogP contribution in [-0.2, 0) is 24.3 Å². The lowest BCUT2D eigenvalue weighted by molar-refractivity contribution is -0.130. The predicted molar refractivity (Wildman–Crippen MR) is 133 cm³/mol. The Bertz CT molecular complexity index is 959. The lowest BCUT2D eigenvalue weighted by atomic mass is 10.00. The summed E-state index contributed by atoms with van der Waals surface area (Å²) in [6.45, 7) is 0.599. The monoisotopic (exact) mass is 574 g/mol. The Labute approximate surface area is 209 Å². The summed E-state index contributed by atoms with van der Waals surface area (Å²) in [4.78, 5) is 18.6. The fourth-order valence-electron chi connectivity index (χ4n) is 3.57. The molecule has 0 saturated heterocycles. The molecule has 180 valence electrons. The van der Waals surface area contributed by atoms with Crippen LogP contribution in [0.1, 0.15) is 23.6 Å². The van der Waals surface area contributed by atoms with Crippen LogP contribution >= 0.6 is 24.0 Å². The standard InChI is InChI=1S/C23H28F2N4O3.HI/c1-3-31-19-10-6-9-17(21(19)32-22(24)25)13-27-23(26-2)28-14-20(30)29-12-11-16-7-4-5-8-18(16)15-29;/h4-10,22H,3,11-15H2,1-2H3,(H2,26,27,28);1H. The third kappa shape index (κ3) is 7.44. The summed E-state index contributed by atoms with van der Waals surface area (Å²) in [5.41, 5.74) is 2.92. The van der Waals surface area contributed by atoms with Gasteiger partial charge in [0.1, 0.15) is 0 Å². The zero-order valence-corrected chi connectivity index (χ0v) is 21.0. The average molecular weight is 574 g/mol. The van der Waals surface area contributed by atoms with Crippen molar-refractivity contribution in [3.05, 3.63) is 59.2 Å². The number of rotatable bonds is 8. The second-order valence-electron chi connectivity index (χ2n) is 7.17. The number of aliphatic imine (C=N–C) groups is 1. The molecule has 2 aromatic carbocycles. The number of benzene rings is 2. The molecule has 0 unspecified atom stereocenters. The summed E-state index contributed by atoms with van der Waals surface area (Å²) < 4.78 is 35.9. The van der Waals surface area contributed by atoms with Gasteiger partial charge in [0.2, 0.25) is 5.91 Å². The van der Waals surface area contributed by atoms with E-state index >= 15 is 0 Å². The number of hydrogen-bond donors (Lipinski definition) is 2. The largest absolute Gasteiger partial charge is 0.490 e. The number of para-hydroxylation sites is 1. The highest BCUT2D eigenvalue weighted by molar-refractivity contribution is 14.0. The first-order valence-corrected chi connectivity index (χ1v) is 10.5. The van der Waals surface area contributed by atoms with Gasteiger partial charge in [0, 0.05) is 32.2 Å².